The minimum atomic E-state index is -5.01. The van der Waals surface area contributed by atoms with Gasteiger partial charge in [-0.25, -0.2) is 8.98 Å². The summed E-state index contributed by atoms with van der Waals surface area (Å²) in [7, 11) is -3.95. The first-order valence-electron chi connectivity index (χ1n) is 21.6. The van der Waals surface area contributed by atoms with Crippen molar-refractivity contribution < 1.29 is 85.2 Å². The highest BCUT2D eigenvalue weighted by Gasteiger charge is 2.70. The van der Waals surface area contributed by atoms with E-state index in [2.05, 4.69) is 20.1 Å². The zero-order valence-electron chi connectivity index (χ0n) is 36.7. The van der Waals surface area contributed by atoms with Gasteiger partial charge in [-0.3, -0.25) is 29.1 Å². The number of nitrogens with one attached hydrogen (secondary N) is 4. The van der Waals surface area contributed by atoms with Crippen molar-refractivity contribution >= 4 is 46.1 Å². The molecule has 26 heteroatoms. The molecule has 5 rings (SSSR count). The standard InChI is InChI=1S/C39H63N7O18S/c1-5-6-7-8-26(47)60-17-24-28(48)29(49)30(50)36(63-24)62-21-14-23-32(51)39(15-21)31(44-38(55)64-39)27(34(53)42-11-9-20-10-12-45(16-20)37(40)41)46(23)35(54)22(13-19(2)3)43-33(52)25(59-4)18-61-65(56,57)58/h10,19,21-25,27-32,36,48-51H,5-9,11-18H2,1-4H3,(H3,40,41)(H,42,53)(H,43,52)(H,44,55)(H,56,57,58)/t21-,22-,23-,24-,25+,27-,28-,29+,30-,31+,32+,36+,39+/m1/s1. The van der Waals surface area contributed by atoms with Gasteiger partial charge < -0.3 is 75.6 Å². The summed E-state index contributed by atoms with van der Waals surface area (Å²) in [5, 5.41) is 60.4. The maximum Gasteiger partial charge on any atom is 0.408 e. The molecule has 1 saturated carbocycles. The number of piperidine rings is 1. The smallest absolute Gasteiger partial charge is 0.408 e. The second kappa shape index (κ2) is 22.0. The lowest BCUT2D eigenvalue weighted by molar-refractivity contribution is -0.322. The lowest BCUT2D eigenvalue weighted by Crippen LogP contribution is -2.80. The number of carbonyl (C=O) groups is 5. The molecule has 1 aliphatic carbocycles. The van der Waals surface area contributed by atoms with Crippen molar-refractivity contribution in [1.29, 1.82) is 5.41 Å². The topological polar surface area (TPSA) is 368 Å². The molecule has 0 aromatic carbocycles. The van der Waals surface area contributed by atoms with E-state index < -0.39 is 132 Å². The van der Waals surface area contributed by atoms with E-state index in [1.165, 1.54) is 0 Å². The van der Waals surface area contributed by atoms with Gasteiger partial charge in [0.2, 0.25) is 11.8 Å². The molecule has 4 fully saturated rings. The number of alkyl carbamates (subject to hydrolysis) is 1. The van der Waals surface area contributed by atoms with Crippen LogP contribution >= 0.6 is 0 Å². The molecule has 0 aromatic heterocycles. The summed E-state index contributed by atoms with van der Waals surface area (Å²) in [6, 6.07) is -5.99. The minimum Gasteiger partial charge on any atom is -0.463 e. The summed E-state index contributed by atoms with van der Waals surface area (Å²) in [6.45, 7) is 4.70. The monoisotopic (exact) mass is 949 g/mol. The van der Waals surface area contributed by atoms with E-state index in [1.807, 2.05) is 13.0 Å². The molecule has 4 amide bonds. The third-order valence-electron chi connectivity index (χ3n) is 12.2. The van der Waals surface area contributed by atoms with E-state index in [9.17, 15) is 48.0 Å². The van der Waals surface area contributed by atoms with E-state index in [4.69, 9.17) is 39.4 Å². The number of amides is 4. The van der Waals surface area contributed by atoms with Crippen LogP contribution in [0.25, 0.3) is 0 Å². The Kier molecular flexibility index (Phi) is 17.5. The predicted octanol–water partition coefficient (Wildman–Crippen LogP) is -3.11. The number of nitrogens with zero attached hydrogens (tertiary/aromatic N) is 2. The Balaban J connectivity index is 1.46. The zero-order valence-corrected chi connectivity index (χ0v) is 37.5. The number of ether oxygens (including phenoxy) is 5. The summed E-state index contributed by atoms with van der Waals surface area (Å²) in [5.41, 5.74) is 4.52. The number of hydrogen-bond donors (Lipinski definition) is 10. The van der Waals surface area contributed by atoms with Gasteiger partial charge in [-0.15, -0.1) is 0 Å². The third kappa shape index (κ3) is 12.4. The third-order valence-corrected chi connectivity index (χ3v) is 12.7. The Hall–Kier alpha value is -4.25. The largest absolute Gasteiger partial charge is 0.463 e. The van der Waals surface area contributed by atoms with Crippen LogP contribution in [0.4, 0.5) is 4.79 Å². The molecular weight excluding hydrogens is 887 g/mol. The SMILES string of the molecule is CCCCCC(=O)OC[C@H]1O[C@H](O[C@@H]2C[C@@H]3[C@H](O)[C@@]4(C2)OC(=O)N[C@H]4[C@H](C(=O)NCCC2=CCN(C(=N)N)C2)N3C(=O)[C@@H](CC(C)C)NC(=O)[C@H](COS(=O)(=O)O)OC)[C@H](O)[C@@H](O)[C@@H]1O. The van der Waals surface area contributed by atoms with Crippen LogP contribution in [0.5, 0.6) is 0 Å². The first-order valence-corrected chi connectivity index (χ1v) is 23.0. The number of carbonyl (C=O) groups excluding carboxylic acids is 5. The fourth-order valence-corrected chi connectivity index (χ4v) is 9.26. The second-order valence-corrected chi connectivity index (χ2v) is 18.4. The zero-order chi connectivity index (χ0) is 48.0. The lowest BCUT2D eigenvalue weighted by atomic mass is 9.66. The Morgan fingerprint density at radius 1 is 1.12 bits per heavy atom. The van der Waals surface area contributed by atoms with Gasteiger partial charge in [0.05, 0.1) is 12.1 Å². The predicted molar refractivity (Wildman–Crippen MR) is 221 cm³/mol. The van der Waals surface area contributed by atoms with Crippen LogP contribution in [0, 0.1) is 11.3 Å². The quantitative estimate of drug-likeness (QED) is 0.0136. The van der Waals surface area contributed by atoms with Crippen molar-refractivity contribution in [2.45, 2.75) is 151 Å². The van der Waals surface area contributed by atoms with Gasteiger partial charge in [0.1, 0.15) is 61.9 Å². The van der Waals surface area contributed by atoms with Gasteiger partial charge in [-0.1, -0.05) is 45.3 Å². The van der Waals surface area contributed by atoms with Crippen molar-refractivity contribution in [3.63, 3.8) is 0 Å². The highest BCUT2D eigenvalue weighted by Crippen LogP contribution is 2.48. The molecule has 5 aliphatic rings. The number of fused-ring (bicyclic) bond motifs is 1. The Morgan fingerprint density at radius 3 is 2.48 bits per heavy atom. The van der Waals surface area contributed by atoms with Crippen molar-refractivity contribution in [3.05, 3.63) is 11.6 Å². The molecule has 2 bridgehead atoms. The number of likely N-dealkylation sites (tertiary alicyclic amines) is 1. The number of nitrogens with two attached hydrogens (primary N) is 1. The number of esters is 1. The molecule has 368 valence electrons. The van der Waals surface area contributed by atoms with E-state index in [1.54, 1.807) is 18.7 Å². The molecule has 3 saturated heterocycles. The van der Waals surface area contributed by atoms with Crippen LogP contribution in [-0.2, 0) is 57.4 Å². The molecular formula is C39H63N7O18S. The fourth-order valence-electron chi connectivity index (χ4n) is 8.96. The number of hydrogen-bond acceptors (Lipinski definition) is 18. The van der Waals surface area contributed by atoms with E-state index in [0.717, 1.165) is 30.4 Å². The van der Waals surface area contributed by atoms with Gasteiger partial charge in [-0.2, -0.15) is 8.42 Å². The highest BCUT2D eigenvalue weighted by molar-refractivity contribution is 7.80. The van der Waals surface area contributed by atoms with Crippen LogP contribution in [0.15, 0.2) is 11.6 Å². The fraction of sp³-hybridized carbons (Fsp3) is 0.795. The first-order chi connectivity index (χ1) is 30.6. The molecule has 0 aromatic rings. The minimum absolute atomic E-state index is 0.0260. The van der Waals surface area contributed by atoms with Crippen molar-refractivity contribution in [2.24, 2.45) is 11.7 Å². The summed E-state index contributed by atoms with van der Waals surface area (Å²) in [4.78, 5) is 71.4. The molecule has 65 heavy (non-hydrogen) atoms. The number of guanidine groups is 1. The van der Waals surface area contributed by atoms with Gasteiger partial charge in [0, 0.05) is 39.6 Å². The second-order valence-electron chi connectivity index (χ2n) is 17.3. The maximum absolute atomic E-state index is 15.1. The lowest BCUT2D eigenvalue weighted by Gasteiger charge is -2.58. The Labute approximate surface area is 376 Å². The molecule has 13 atom stereocenters. The molecule has 0 radical (unpaired) electrons. The van der Waals surface area contributed by atoms with E-state index >= 15 is 4.79 Å². The summed E-state index contributed by atoms with van der Waals surface area (Å²) in [5.74, 6) is -3.77. The van der Waals surface area contributed by atoms with Gasteiger partial charge in [0.15, 0.2) is 24.0 Å². The molecule has 4 aliphatic heterocycles. The maximum atomic E-state index is 15.1. The summed E-state index contributed by atoms with van der Waals surface area (Å²) in [6.07, 6.45) is -10.3. The van der Waals surface area contributed by atoms with E-state index in [-0.39, 0.29) is 44.1 Å². The van der Waals surface area contributed by atoms with Gasteiger partial charge in [0.25, 0.3) is 5.91 Å². The number of rotatable bonds is 21. The van der Waals surface area contributed by atoms with E-state index in [0.29, 0.717) is 25.9 Å². The summed E-state index contributed by atoms with van der Waals surface area (Å²) >= 11 is 0. The van der Waals surface area contributed by atoms with Crippen LogP contribution in [-0.4, -0.2) is 198 Å². The first kappa shape index (κ1) is 51.7. The average molecular weight is 950 g/mol. The van der Waals surface area contributed by atoms with Gasteiger partial charge in [-0.05, 0) is 31.6 Å². The molecule has 4 heterocycles. The number of methoxy groups -OCH3 is 1. The normalized spacial score (nSPS) is 31.8. The van der Waals surface area contributed by atoms with Crippen LogP contribution in [0.1, 0.15) is 72.1 Å². The highest BCUT2D eigenvalue weighted by atomic mass is 32.3. The van der Waals surface area contributed by atoms with Crippen molar-refractivity contribution in [3.8, 4) is 0 Å². The van der Waals surface area contributed by atoms with Crippen LogP contribution < -0.4 is 21.7 Å². The number of aliphatic hydroxyl groups is 4. The van der Waals surface area contributed by atoms with Crippen LogP contribution in [0.3, 0.4) is 0 Å². The van der Waals surface area contributed by atoms with Crippen molar-refractivity contribution in [2.75, 3.05) is 40.0 Å². The van der Waals surface area contributed by atoms with Crippen LogP contribution in [0.2, 0.25) is 0 Å². The van der Waals surface area contributed by atoms with Crippen molar-refractivity contribution in [1.82, 2.24) is 25.8 Å². The van der Waals surface area contributed by atoms with Gasteiger partial charge >= 0.3 is 22.5 Å². The Bertz CT molecular complexity index is 1890. The molecule has 1 spiro atoms. The summed E-state index contributed by atoms with van der Waals surface area (Å²) < 4.78 is 64.2. The molecule has 11 N–H and O–H groups in total. The number of unbranched alkanes of at least 4 members (excludes halogenated alkanes) is 2. The molecule has 25 nitrogen and oxygen atoms in total. The molecule has 0 unspecified atom stereocenters. The Morgan fingerprint density at radius 2 is 1.85 bits per heavy atom. The number of aliphatic hydroxyl groups excluding tert-OH is 4. The average Bonchev–Trinajstić information content (AvgIpc) is 3.84.